The highest BCUT2D eigenvalue weighted by Gasteiger charge is 2.38. The van der Waals surface area contributed by atoms with Crippen LogP contribution in [-0.4, -0.2) is 50.2 Å². The molecule has 9 heteroatoms. The molecule has 0 heterocycles. The second-order valence-corrected chi connectivity index (χ2v) is 9.01. The Kier molecular flexibility index (Phi) is 7.71. The maximum absolute atomic E-state index is 12.9. The lowest BCUT2D eigenvalue weighted by Crippen LogP contribution is -2.60. The van der Waals surface area contributed by atoms with Crippen molar-refractivity contribution in [1.29, 1.82) is 0 Å². The summed E-state index contributed by atoms with van der Waals surface area (Å²) in [5.41, 5.74) is -0.975. The van der Waals surface area contributed by atoms with Crippen molar-refractivity contribution in [3.63, 3.8) is 0 Å². The zero-order valence-electron chi connectivity index (χ0n) is 17.0. The van der Waals surface area contributed by atoms with Gasteiger partial charge in [0, 0.05) is 6.42 Å². The van der Waals surface area contributed by atoms with E-state index >= 15 is 0 Å². The Morgan fingerprint density at radius 1 is 1.03 bits per heavy atom. The minimum absolute atomic E-state index is 0.0548. The molecule has 0 radical (unpaired) electrons. The molecular weight excluding hydrogens is 408 g/mol. The number of nitrogens with one attached hydrogen (secondary N) is 2. The summed E-state index contributed by atoms with van der Waals surface area (Å²) in [5.74, 6) is -1.54. The van der Waals surface area contributed by atoms with Crippen molar-refractivity contribution in [2.45, 2.75) is 42.8 Å². The van der Waals surface area contributed by atoms with Gasteiger partial charge >= 0.3 is 5.97 Å². The molecule has 2 atom stereocenters. The van der Waals surface area contributed by atoms with Gasteiger partial charge < -0.3 is 15.2 Å². The van der Waals surface area contributed by atoms with E-state index in [9.17, 15) is 23.1 Å². The van der Waals surface area contributed by atoms with Crippen LogP contribution in [0.5, 0.6) is 0 Å². The lowest BCUT2D eigenvalue weighted by atomic mass is 9.98. The molecule has 0 saturated carbocycles. The number of esters is 1. The van der Waals surface area contributed by atoms with Gasteiger partial charge in [-0.3, -0.25) is 4.79 Å². The van der Waals surface area contributed by atoms with Gasteiger partial charge in [0.1, 0.15) is 12.1 Å². The molecule has 2 aromatic carbocycles. The first-order valence-electron chi connectivity index (χ1n) is 9.26. The number of carbonyl (C=O) groups is 2. The molecular formula is C21H26N2O6S. The van der Waals surface area contributed by atoms with Crippen molar-refractivity contribution in [1.82, 2.24) is 10.0 Å². The third kappa shape index (κ3) is 6.38. The first-order valence-corrected chi connectivity index (χ1v) is 10.7. The summed E-state index contributed by atoms with van der Waals surface area (Å²) < 4.78 is 32.3. The van der Waals surface area contributed by atoms with E-state index in [0.717, 1.165) is 5.56 Å². The Labute approximate surface area is 176 Å². The summed E-state index contributed by atoms with van der Waals surface area (Å²) in [6.07, 6.45) is 0.142. The zero-order chi connectivity index (χ0) is 22.4. The van der Waals surface area contributed by atoms with Crippen LogP contribution < -0.4 is 10.0 Å². The first-order chi connectivity index (χ1) is 14.0. The van der Waals surface area contributed by atoms with Gasteiger partial charge in [0.05, 0.1) is 17.6 Å². The standard InChI is InChI=1S/C21H26N2O6S/c1-21(2,26)18(23-30(27,28)16-12-8-5-9-13-16)19(24)22-17(20(25)29-3)14-15-10-6-4-7-11-15/h4-13,17-18,23,26H,14H2,1-3H3,(H,22,24)/t17-,18+/m1/s1. The minimum Gasteiger partial charge on any atom is -0.467 e. The Balaban J connectivity index is 2.25. The first kappa shape index (κ1) is 23.5. The molecule has 0 fully saturated rings. The molecule has 30 heavy (non-hydrogen) atoms. The Hall–Kier alpha value is -2.75. The third-order valence-electron chi connectivity index (χ3n) is 4.38. The summed E-state index contributed by atoms with van der Waals surface area (Å²) in [7, 11) is -2.90. The molecule has 0 unspecified atom stereocenters. The summed E-state index contributed by atoms with van der Waals surface area (Å²) in [5, 5.41) is 12.9. The van der Waals surface area contributed by atoms with E-state index in [1.807, 2.05) is 6.07 Å². The monoisotopic (exact) mass is 434 g/mol. The number of sulfonamides is 1. The van der Waals surface area contributed by atoms with Crippen molar-refractivity contribution in [3.05, 3.63) is 66.2 Å². The molecule has 0 saturated heterocycles. The Morgan fingerprint density at radius 3 is 2.07 bits per heavy atom. The van der Waals surface area contributed by atoms with Gasteiger partial charge in [-0.1, -0.05) is 48.5 Å². The smallest absolute Gasteiger partial charge is 0.328 e. The van der Waals surface area contributed by atoms with Gasteiger partial charge in [-0.05, 0) is 31.5 Å². The molecule has 2 aromatic rings. The largest absolute Gasteiger partial charge is 0.467 e. The second kappa shape index (κ2) is 9.84. The maximum Gasteiger partial charge on any atom is 0.328 e. The van der Waals surface area contributed by atoms with Crippen LogP contribution in [0.25, 0.3) is 0 Å². The lowest BCUT2D eigenvalue weighted by molar-refractivity contribution is -0.146. The predicted octanol–water partition coefficient (Wildman–Crippen LogP) is 1.00. The minimum atomic E-state index is -4.10. The number of aliphatic hydroxyl groups is 1. The van der Waals surface area contributed by atoms with Gasteiger partial charge in [0.2, 0.25) is 15.9 Å². The average molecular weight is 435 g/mol. The topological polar surface area (TPSA) is 122 Å². The highest BCUT2D eigenvalue weighted by Crippen LogP contribution is 2.15. The quantitative estimate of drug-likeness (QED) is 0.506. The van der Waals surface area contributed by atoms with Crippen LogP contribution in [0.1, 0.15) is 19.4 Å². The molecule has 0 aliphatic carbocycles. The van der Waals surface area contributed by atoms with Crippen LogP contribution in [0.3, 0.4) is 0 Å². The molecule has 0 bridgehead atoms. The molecule has 2 rings (SSSR count). The van der Waals surface area contributed by atoms with E-state index in [2.05, 4.69) is 10.0 Å². The highest BCUT2D eigenvalue weighted by atomic mass is 32.2. The molecule has 3 N–H and O–H groups in total. The number of amides is 1. The average Bonchev–Trinajstić information content (AvgIpc) is 2.71. The Bertz CT molecular complexity index is 956. The normalized spacial score (nSPS) is 13.9. The summed E-state index contributed by atoms with van der Waals surface area (Å²) in [6.45, 7) is 2.60. The van der Waals surface area contributed by atoms with E-state index in [4.69, 9.17) is 4.74 Å². The van der Waals surface area contributed by atoms with E-state index in [1.54, 1.807) is 42.5 Å². The van der Waals surface area contributed by atoms with E-state index in [-0.39, 0.29) is 11.3 Å². The molecule has 162 valence electrons. The van der Waals surface area contributed by atoms with Gasteiger partial charge in [-0.15, -0.1) is 0 Å². The van der Waals surface area contributed by atoms with Crippen LogP contribution in [0.15, 0.2) is 65.6 Å². The van der Waals surface area contributed by atoms with Gasteiger partial charge in [-0.25, -0.2) is 13.2 Å². The number of methoxy groups -OCH3 is 1. The summed E-state index contributed by atoms with van der Waals surface area (Å²) in [6, 6.07) is 13.8. The zero-order valence-corrected chi connectivity index (χ0v) is 17.8. The molecule has 1 amide bonds. The van der Waals surface area contributed by atoms with Gasteiger partial charge in [0.15, 0.2) is 0 Å². The van der Waals surface area contributed by atoms with E-state index < -0.39 is 39.6 Å². The number of ether oxygens (including phenoxy) is 1. The Morgan fingerprint density at radius 2 is 1.57 bits per heavy atom. The van der Waals surface area contributed by atoms with Crippen LogP contribution in [0, 0.1) is 0 Å². The summed E-state index contributed by atoms with van der Waals surface area (Å²) >= 11 is 0. The maximum atomic E-state index is 12.9. The fourth-order valence-electron chi connectivity index (χ4n) is 2.78. The van der Waals surface area contributed by atoms with Crippen molar-refractivity contribution < 1.29 is 27.9 Å². The summed E-state index contributed by atoms with van der Waals surface area (Å²) in [4.78, 5) is 25.1. The highest BCUT2D eigenvalue weighted by molar-refractivity contribution is 7.89. The van der Waals surface area contributed by atoms with Gasteiger partial charge in [0.25, 0.3) is 0 Å². The van der Waals surface area contributed by atoms with Gasteiger partial charge in [-0.2, -0.15) is 4.72 Å². The molecule has 0 spiro atoms. The molecule has 8 nitrogen and oxygen atoms in total. The fourth-order valence-corrected chi connectivity index (χ4v) is 4.14. The molecule has 0 aliphatic heterocycles. The number of hydrogen-bond donors (Lipinski definition) is 3. The van der Waals surface area contributed by atoms with Crippen molar-refractivity contribution in [3.8, 4) is 0 Å². The lowest BCUT2D eigenvalue weighted by Gasteiger charge is -2.30. The van der Waals surface area contributed by atoms with Crippen LogP contribution in [0.4, 0.5) is 0 Å². The number of benzene rings is 2. The SMILES string of the molecule is COC(=O)[C@@H](Cc1ccccc1)NC(=O)[C@H](NS(=O)(=O)c1ccccc1)C(C)(C)O. The number of rotatable bonds is 9. The molecule has 0 aromatic heterocycles. The van der Waals surface area contributed by atoms with Crippen LogP contribution >= 0.6 is 0 Å². The van der Waals surface area contributed by atoms with Crippen LogP contribution in [-0.2, 0) is 30.8 Å². The number of hydrogen-bond acceptors (Lipinski definition) is 6. The predicted molar refractivity (Wildman–Crippen MR) is 111 cm³/mol. The van der Waals surface area contributed by atoms with E-state index in [1.165, 1.54) is 33.1 Å². The van der Waals surface area contributed by atoms with Crippen molar-refractivity contribution in [2.75, 3.05) is 7.11 Å². The second-order valence-electron chi connectivity index (χ2n) is 7.30. The fraction of sp³-hybridized carbons (Fsp3) is 0.333. The van der Waals surface area contributed by atoms with Crippen molar-refractivity contribution >= 4 is 21.9 Å². The third-order valence-corrected chi connectivity index (χ3v) is 5.82. The number of carbonyl (C=O) groups excluding carboxylic acids is 2. The van der Waals surface area contributed by atoms with Crippen LogP contribution in [0.2, 0.25) is 0 Å². The van der Waals surface area contributed by atoms with Crippen molar-refractivity contribution in [2.24, 2.45) is 0 Å². The molecule has 0 aliphatic rings. The van der Waals surface area contributed by atoms with E-state index in [0.29, 0.717) is 0 Å².